The monoisotopic (exact) mass is 261 g/mol. The van der Waals surface area contributed by atoms with Crippen LogP contribution in [0.3, 0.4) is 0 Å². The summed E-state index contributed by atoms with van der Waals surface area (Å²) in [5.74, 6) is -0.445. The molecule has 0 atom stereocenters. The van der Waals surface area contributed by atoms with Crippen molar-refractivity contribution in [1.29, 1.82) is 0 Å². The van der Waals surface area contributed by atoms with E-state index < -0.39 is 5.82 Å². The molecular weight excluding hydrogens is 249 g/mol. The number of nitrogen functional groups attached to an aromatic ring is 1. The Morgan fingerprint density at radius 1 is 1.42 bits per heavy atom. The Hall–Kier alpha value is -2.37. The maximum Gasteiger partial charge on any atom is 0.313 e. The molecule has 0 spiro atoms. The molecule has 1 aromatic heterocycles. The van der Waals surface area contributed by atoms with Crippen LogP contribution in [-0.4, -0.2) is 9.55 Å². The third-order valence-electron chi connectivity index (χ3n) is 2.96. The summed E-state index contributed by atoms with van der Waals surface area (Å²) in [4.78, 5) is 16.0. The normalized spacial score (nSPS) is 14.4. The lowest BCUT2D eigenvalue weighted by atomic mass is 10.3. The standard InChI is InChI=1S/C13H12FN3O2/c14-10-7-9(3-4-11(10)15)19-12-13(18)17(6-5-16-12)8-1-2-8/h3-8H,1-2,15H2. The van der Waals surface area contributed by atoms with E-state index in [9.17, 15) is 9.18 Å². The summed E-state index contributed by atoms with van der Waals surface area (Å²) >= 11 is 0. The van der Waals surface area contributed by atoms with Crippen LogP contribution < -0.4 is 16.0 Å². The Bertz CT molecular complexity index is 680. The number of ether oxygens (including phenoxy) is 1. The molecule has 0 aliphatic heterocycles. The van der Waals surface area contributed by atoms with Crippen LogP contribution in [0.25, 0.3) is 0 Å². The molecule has 1 saturated carbocycles. The summed E-state index contributed by atoms with van der Waals surface area (Å²) in [6.45, 7) is 0. The van der Waals surface area contributed by atoms with Gasteiger partial charge in [0.15, 0.2) is 0 Å². The number of anilines is 1. The van der Waals surface area contributed by atoms with E-state index >= 15 is 0 Å². The minimum atomic E-state index is -0.587. The molecule has 1 aliphatic rings. The summed E-state index contributed by atoms with van der Waals surface area (Å²) in [7, 11) is 0. The van der Waals surface area contributed by atoms with E-state index in [2.05, 4.69) is 4.98 Å². The van der Waals surface area contributed by atoms with Gasteiger partial charge in [-0.2, -0.15) is 0 Å². The van der Waals surface area contributed by atoms with Crippen LogP contribution >= 0.6 is 0 Å². The van der Waals surface area contributed by atoms with Crippen molar-refractivity contribution >= 4 is 5.69 Å². The topological polar surface area (TPSA) is 70.1 Å². The SMILES string of the molecule is Nc1ccc(Oc2nccn(C3CC3)c2=O)cc1F. The second kappa shape index (κ2) is 4.38. The van der Waals surface area contributed by atoms with E-state index in [1.807, 2.05) is 0 Å². The van der Waals surface area contributed by atoms with Crippen LogP contribution in [0, 0.1) is 5.82 Å². The highest BCUT2D eigenvalue weighted by molar-refractivity contribution is 5.44. The first kappa shape index (κ1) is 11.7. The van der Waals surface area contributed by atoms with Gasteiger partial charge in [-0.3, -0.25) is 4.79 Å². The molecule has 2 N–H and O–H groups in total. The number of benzene rings is 1. The second-order valence-electron chi connectivity index (χ2n) is 4.46. The van der Waals surface area contributed by atoms with Gasteiger partial charge in [0.2, 0.25) is 0 Å². The minimum absolute atomic E-state index is 0.0313. The molecule has 0 amide bonds. The lowest BCUT2D eigenvalue weighted by Crippen LogP contribution is -2.20. The number of nitrogens with two attached hydrogens (primary N) is 1. The van der Waals surface area contributed by atoms with E-state index in [-0.39, 0.29) is 28.9 Å². The van der Waals surface area contributed by atoms with Gasteiger partial charge in [-0.1, -0.05) is 0 Å². The van der Waals surface area contributed by atoms with Crippen molar-refractivity contribution in [3.05, 3.63) is 46.8 Å². The van der Waals surface area contributed by atoms with E-state index in [0.29, 0.717) is 0 Å². The Balaban J connectivity index is 1.92. The Kier molecular flexibility index (Phi) is 2.70. The molecule has 0 saturated heterocycles. The van der Waals surface area contributed by atoms with Gasteiger partial charge < -0.3 is 15.0 Å². The highest BCUT2D eigenvalue weighted by Crippen LogP contribution is 2.33. The van der Waals surface area contributed by atoms with Gasteiger partial charge in [-0.15, -0.1) is 0 Å². The largest absolute Gasteiger partial charge is 0.435 e. The van der Waals surface area contributed by atoms with E-state index in [0.717, 1.165) is 18.9 Å². The molecule has 1 aromatic carbocycles. The smallest absolute Gasteiger partial charge is 0.313 e. The molecule has 98 valence electrons. The molecule has 0 unspecified atom stereocenters. The van der Waals surface area contributed by atoms with Crippen molar-refractivity contribution in [1.82, 2.24) is 9.55 Å². The molecular formula is C13H12FN3O2. The fraction of sp³-hybridized carbons (Fsp3) is 0.231. The fourth-order valence-electron chi connectivity index (χ4n) is 1.80. The van der Waals surface area contributed by atoms with Gasteiger partial charge in [-0.05, 0) is 25.0 Å². The van der Waals surface area contributed by atoms with Crippen LogP contribution in [0.4, 0.5) is 10.1 Å². The highest BCUT2D eigenvalue weighted by atomic mass is 19.1. The molecule has 6 heteroatoms. The molecule has 0 radical (unpaired) electrons. The average Bonchev–Trinajstić information content (AvgIpc) is 3.21. The molecule has 1 fully saturated rings. The zero-order chi connectivity index (χ0) is 13.4. The zero-order valence-corrected chi connectivity index (χ0v) is 10.0. The summed E-state index contributed by atoms with van der Waals surface area (Å²) in [5, 5.41) is 0. The van der Waals surface area contributed by atoms with Crippen LogP contribution in [0.15, 0.2) is 35.4 Å². The van der Waals surface area contributed by atoms with Crippen molar-refractivity contribution in [2.75, 3.05) is 5.73 Å². The number of aromatic nitrogens is 2. The summed E-state index contributed by atoms with van der Waals surface area (Å²) in [6, 6.07) is 4.24. The predicted octanol–water partition coefficient (Wildman–Crippen LogP) is 2.09. The average molecular weight is 261 g/mol. The Morgan fingerprint density at radius 3 is 2.89 bits per heavy atom. The van der Waals surface area contributed by atoms with Gasteiger partial charge in [0.05, 0.1) is 5.69 Å². The fourth-order valence-corrected chi connectivity index (χ4v) is 1.80. The van der Waals surface area contributed by atoms with Crippen LogP contribution in [0.5, 0.6) is 11.6 Å². The number of nitrogens with zero attached hydrogens (tertiary/aromatic N) is 2. The van der Waals surface area contributed by atoms with Crippen molar-refractivity contribution < 1.29 is 9.13 Å². The van der Waals surface area contributed by atoms with E-state index in [1.165, 1.54) is 18.3 Å². The minimum Gasteiger partial charge on any atom is -0.435 e. The summed E-state index contributed by atoms with van der Waals surface area (Å²) < 4.78 is 20.2. The number of rotatable bonds is 3. The lowest BCUT2D eigenvalue weighted by molar-refractivity contribution is 0.441. The van der Waals surface area contributed by atoms with Crippen LogP contribution in [0.1, 0.15) is 18.9 Å². The third-order valence-corrected chi connectivity index (χ3v) is 2.96. The number of hydrogen-bond acceptors (Lipinski definition) is 4. The Morgan fingerprint density at radius 2 is 2.21 bits per heavy atom. The molecule has 5 nitrogen and oxygen atoms in total. The number of hydrogen-bond donors (Lipinski definition) is 1. The van der Waals surface area contributed by atoms with E-state index in [4.69, 9.17) is 10.5 Å². The first-order valence-electron chi connectivity index (χ1n) is 5.95. The molecule has 0 bridgehead atoms. The maximum absolute atomic E-state index is 13.3. The quantitative estimate of drug-likeness (QED) is 0.859. The predicted molar refractivity (Wildman–Crippen MR) is 67.7 cm³/mol. The van der Waals surface area contributed by atoms with Gasteiger partial charge >= 0.3 is 5.56 Å². The molecule has 19 heavy (non-hydrogen) atoms. The van der Waals surface area contributed by atoms with Crippen molar-refractivity contribution in [3.63, 3.8) is 0 Å². The summed E-state index contributed by atoms with van der Waals surface area (Å²) in [5.41, 5.74) is 5.10. The van der Waals surface area contributed by atoms with Gasteiger partial charge in [0.25, 0.3) is 5.88 Å². The van der Waals surface area contributed by atoms with E-state index in [1.54, 1.807) is 10.8 Å². The molecule has 1 aliphatic carbocycles. The first-order valence-corrected chi connectivity index (χ1v) is 5.95. The van der Waals surface area contributed by atoms with Gasteiger partial charge in [0, 0.05) is 24.5 Å². The third kappa shape index (κ3) is 2.29. The highest BCUT2D eigenvalue weighted by Gasteiger charge is 2.25. The number of halogens is 1. The molecule has 2 aromatic rings. The lowest BCUT2D eigenvalue weighted by Gasteiger charge is -2.07. The van der Waals surface area contributed by atoms with Gasteiger partial charge in [-0.25, -0.2) is 9.37 Å². The van der Waals surface area contributed by atoms with Crippen molar-refractivity contribution in [2.24, 2.45) is 0 Å². The van der Waals surface area contributed by atoms with Crippen LogP contribution in [0.2, 0.25) is 0 Å². The maximum atomic E-state index is 13.3. The summed E-state index contributed by atoms with van der Waals surface area (Å²) in [6.07, 6.45) is 5.11. The Labute approximate surface area is 108 Å². The van der Waals surface area contributed by atoms with Crippen molar-refractivity contribution in [3.8, 4) is 11.6 Å². The first-order chi connectivity index (χ1) is 9.15. The molecule has 1 heterocycles. The zero-order valence-electron chi connectivity index (χ0n) is 10.0. The van der Waals surface area contributed by atoms with Gasteiger partial charge in [0.1, 0.15) is 11.6 Å². The molecule has 3 rings (SSSR count). The second-order valence-corrected chi connectivity index (χ2v) is 4.46. The van der Waals surface area contributed by atoms with Crippen LogP contribution in [-0.2, 0) is 0 Å². The van der Waals surface area contributed by atoms with Crippen molar-refractivity contribution in [2.45, 2.75) is 18.9 Å².